The van der Waals surface area contributed by atoms with Crippen molar-refractivity contribution in [3.8, 4) is 0 Å². The summed E-state index contributed by atoms with van der Waals surface area (Å²) in [6, 6.07) is 0. The van der Waals surface area contributed by atoms with Crippen LogP contribution in [0.1, 0.15) is 26.2 Å². The fraction of sp³-hybridized carbons (Fsp3) is 0.444. The Labute approximate surface area is 62.4 Å². The lowest BCUT2D eigenvalue weighted by atomic mass is 10.2. The van der Waals surface area contributed by atoms with Crippen molar-refractivity contribution < 1.29 is 4.79 Å². The van der Waals surface area contributed by atoms with Crippen LogP contribution in [-0.2, 0) is 4.79 Å². The highest BCUT2D eigenvalue weighted by atomic mass is 16.1. The molecule has 0 aromatic rings. The summed E-state index contributed by atoms with van der Waals surface area (Å²) in [5.74, 6) is 0.142. The quantitative estimate of drug-likeness (QED) is 0.421. The normalized spacial score (nSPS) is 10.1. The number of hydrogen-bond acceptors (Lipinski definition) is 1. The number of allylic oxidation sites excluding steroid dienone is 3. The second-order valence-corrected chi connectivity index (χ2v) is 2.15. The van der Waals surface area contributed by atoms with Gasteiger partial charge in [0.05, 0.1) is 0 Å². The maximum Gasteiger partial charge on any atom is 0.159 e. The molecule has 0 aliphatic heterocycles. The van der Waals surface area contributed by atoms with Crippen molar-refractivity contribution >= 4 is 5.78 Å². The molecule has 1 heteroatoms. The highest BCUT2D eigenvalue weighted by Gasteiger charge is 1.88. The van der Waals surface area contributed by atoms with E-state index in [9.17, 15) is 4.79 Å². The molecule has 0 radical (unpaired) electrons. The van der Waals surface area contributed by atoms with E-state index >= 15 is 0 Å². The Hall–Kier alpha value is -0.850. The smallest absolute Gasteiger partial charge is 0.159 e. The van der Waals surface area contributed by atoms with E-state index in [4.69, 9.17) is 0 Å². The van der Waals surface area contributed by atoms with Crippen LogP contribution >= 0.6 is 0 Å². The van der Waals surface area contributed by atoms with Crippen molar-refractivity contribution in [2.75, 3.05) is 0 Å². The van der Waals surface area contributed by atoms with Crippen LogP contribution in [0.25, 0.3) is 0 Å². The van der Waals surface area contributed by atoms with Crippen molar-refractivity contribution in [3.63, 3.8) is 0 Å². The maximum atomic E-state index is 10.8. The number of rotatable bonds is 5. The monoisotopic (exact) mass is 138 g/mol. The molecule has 0 bridgehead atoms. The molecule has 0 amide bonds. The first kappa shape index (κ1) is 9.15. The third kappa shape index (κ3) is 5.29. The molecule has 0 saturated heterocycles. The Bertz CT molecular complexity index is 134. The van der Waals surface area contributed by atoms with Gasteiger partial charge >= 0.3 is 0 Å². The minimum atomic E-state index is 0.142. The third-order valence-electron chi connectivity index (χ3n) is 1.10. The molecule has 0 N–H and O–H groups in total. The predicted octanol–water partition coefficient (Wildman–Crippen LogP) is 2.49. The number of hydrogen-bond donors (Lipinski definition) is 0. The van der Waals surface area contributed by atoms with E-state index < -0.39 is 0 Å². The Balaban J connectivity index is 3.45. The molecule has 0 spiro atoms. The van der Waals surface area contributed by atoms with Gasteiger partial charge in [0, 0.05) is 6.42 Å². The molecule has 56 valence electrons. The molecule has 0 unspecified atom stereocenters. The fourth-order valence-corrected chi connectivity index (χ4v) is 0.592. The molecule has 0 aromatic carbocycles. The second-order valence-electron chi connectivity index (χ2n) is 2.15. The summed E-state index contributed by atoms with van der Waals surface area (Å²) in [6.45, 7) is 5.56. The summed E-state index contributed by atoms with van der Waals surface area (Å²) >= 11 is 0. The summed E-state index contributed by atoms with van der Waals surface area (Å²) < 4.78 is 0. The van der Waals surface area contributed by atoms with Crippen LogP contribution in [0, 0.1) is 0 Å². The maximum absolute atomic E-state index is 10.8. The molecule has 0 rings (SSSR count). The van der Waals surface area contributed by atoms with E-state index in [1.165, 1.54) is 0 Å². The highest BCUT2D eigenvalue weighted by Crippen LogP contribution is 1.91. The lowest BCUT2D eigenvalue weighted by Gasteiger charge is -1.85. The van der Waals surface area contributed by atoms with Crippen LogP contribution < -0.4 is 0 Å². The third-order valence-corrected chi connectivity index (χ3v) is 1.10. The molecule has 0 aliphatic rings. The summed E-state index contributed by atoms with van der Waals surface area (Å²) in [4.78, 5) is 10.8. The van der Waals surface area contributed by atoms with Gasteiger partial charge in [0.15, 0.2) is 5.78 Å². The summed E-state index contributed by atoms with van der Waals surface area (Å²) in [5.41, 5.74) is 0. The molecule has 0 saturated carbocycles. The van der Waals surface area contributed by atoms with E-state index in [1.54, 1.807) is 12.2 Å². The number of ketones is 1. The van der Waals surface area contributed by atoms with Crippen molar-refractivity contribution in [1.82, 2.24) is 0 Å². The van der Waals surface area contributed by atoms with Crippen molar-refractivity contribution in [2.45, 2.75) is 26.2 Å². The Morgan fingerprint density at radius 2 is 2.30 bits per heavy atom. The Morgan fingerprint density at radius 1 is 1.60 bits per heavy atom. The molecule has 0 fully saturated rings. The van der Waals surface area contributed by atoms with Crippen molar-refractivity contribution in [3.05, 3.63) is 24.8 Å². The minimum Gasteiger partial charge on any atom is -0.295 e. The van der Waals surface area contributed by atoms with Crippen LogP contribution in [-0.4, -0.2) is 5.78 Å². The molecule has 0 aromatic heterocycles. The van der Waals surface area contributed by atoms with Crippen molar-refractivity contribution in [1.29, 1.82) is 0 Å². The van der Waals surface area contributed by atoms with Gasteiger partial charge in [-0.2, -0.15) is 0 Å². The van der Waals surface area contributed by atoms with E-state index in [2.05, 4.69) is 13.5 Å². The molecule has 1 nitrogen and oxygen atoms in total. The summed E-state index contributed by atoms with van der Waals surface area (Å²) in [6.07, 6.45) is 7.70. The number of carbonyl (C=O) groups excluding carboxylic acids is 1. The van der Waals surface area contributed by atoms with Gasteiger partial charge < -0.3 is 0 Å². The lowest BCUT2D eigenvalue weighted by molar-refractivity contribution is -0.113. The van der Waals surface area contributed by atoms with E-state index in [-0.39, 0.29) is 5.78 Å². The molecular weight excluding hydrogens is 124 g/mol. The molecular formula is C9H14O. The van der Waals surface area contributed by atoms with Gasteiger partial charge in [0.2, 0.25) is 0 Å². The number of unbranched alkanes of at least 4 members (excludes halogenated alkanes) is 1. The van der Waals surface area contributed by atoms with Crippen LogP contribution in [0.15, 0.2) is 24.8 Å². The van der Waals surface area contributed by atoms with Crippen LogP contribution in [0.2, 0.25) is 0 Å². The largest absolute Gasteiger partial charge is 0.295 e. The summed E-state index contributed by atoms with van der Waals surface area (Å²) in [7, 11) is 0. The van der Waals surface area contributed by atoms with Gasteiger partial charge in [0.25, 0.3) is 0 Å². The molecule has 0 atom stereocenters. The molecule has 10 heavy (non-hydrogen) atoms. The number of carbonyl (C=O) groups is 1. The van der Waals surface area contributed by atoms with E-state index in [0.29, 0.717) is 6.42 Å². The predicted molar refractivity (Wildman–Crippen MR) is 43.9 cm³/mol. The average Bonchev–Trinajstić information content (AvgIpc) is 1.89. The first-order valence-electron chi connectivity index (χ1n) is 3.61. The fourth-order valence-electron chi connectivity index (χ4n) is 0.592. The van der Waals surface area contributed by atoms with Crippen molar-refractivity contribution in [2.24, 2.45) is 0 Å². The zero-order valence-electron chi connectivity index (χ0n) is 6.47. The minimum absolute atomic E-state index is 0.142. The van der Waals surface area contributed by atoms with E-state index in [0.717, 1.165) is 12.8 Å². The van der Waals surface area contributed by atoms with Crippen LogP contribution in [0.5, 0.6) is 0 Å². The van der Waals surface area contributed by atoms with Gasteiger partial charge in [0.1, 0.15) is 0 Å². The van der Waals surface area contributed by atoms with Crippen LogP contribution in [0.3, 0.4) is 0 Å². The summed E-state index contributed by atoms with van der Waals surface area (Å²) in [5, 5.41) is 0. The van der Waals surface area contributed by atoms with Gasteiger partial charge in [-0.3, -0.25) is 4.79 Å². The second kappa shape index (κ2) is 6.27. The SMILES string of the molecule is C=CCC(=O)/C=C/CCC. The van der Waals surface area contributed by atoms with Gasteiger partial charge in [-0.15, -0.1) is 6.58 Å². The zero-order valence-corrected chi connectivity index (χ0v) is 6.47. The van der Waals surface area contributed by atoms with Gasteiger partial charge in [-0.1, -0.05) is 25.5 Å². The topological polar surface area (TPSA) is 17.1 Å². The lowest BCUT2D eigenvalue weighted by Crippen LogP contribution is -1.87. The first-order chi connectivity index (χ1) is 4.81. The highest BCUT2D eigenvalue weighted by molar-refractivity contribution is 5.90. The Kier molecular flexibility index (Phi) is 5.74. The average molecular weight is 138 g/mol. The molecule has 0 aliphatic carbocycles. The van der Waals surface area contributed by atoms with Gasteiger partial charge in [-0.05, 0) is 12.5 Å². The van der Waals surface area contributed by atoms with E-state index in [1.807, 2.05) is 6.08 Å². The van der Waals surface area contributed by atoms with Crippen LogP contribution in [0.4, 0.5) is 0 Å². The Morgan fingerprint density at radius 3 is 2.80 bits per heavy atom. The molecule has 0 heterocycles. The standard InChI is InChI=1S/C9H14O/c1-3-5-6-8-9(10)7-4-2/h4,6,8H,2-3,5,7H2,1H3/b8-6+. The first-order valence-corrected chi connectivity index (χ1v) is 3.61. The van der Waals surface area contributed by atoms with Gasteiger partial charge in [-0.25, -0.2) is 0 Å². The zero-order chi connectivity index (χ0) is 7.82.